The molecule has 0 atom stereocenters. The molecule has 0 bridgehead atoms. The van der Waals surface area contributed by atoms with E-state index in [4.69, 9.17) is 4.74 Å². The van der Waals surface area contributed by atoms with Gasteiger partial charge in [-0.25, -0.2) is 4.99 Å². The number of rotatable bonds is 6. The van der Waals surface area contributed by atoms with Crippen LogP contribution in [-0.4, -0.2) is 31.7 Å². The van der Waals surface area contributed by atoms with Crippen molar-refractivity contribution in [2.45, 2.75) is 25.8 Å². The normalized spacial score (nSPS) is 15.2. The molecule has 1 aromatic rings. The van der Waals surface area contributed by atoms with Crippen LogP contribution in [0.2, 0.25) is 0 Å². The van der Waals surface area contributed by atoms with E-state index in [1.165, 1.54) is 12.8 Å². The van der Waals surface area contributed by atoms with E-state index in [9.17, 15) is 0 Å². The van der Waals surface area contributed by atoms with Crippen LogP contribution in [-0.2, 0) is 0 Å². The first kappa shape index (κ1) is 14.2. The van der Waals surface area contributed by atoms with Crippen LogP contribution in [0.15, 0.2) is 33.7 Å². The van der Waals surface area contributed by atoms with E-state index in [1.54, 1.807) is 0 Å². The Hall–Kier alpha value is -1.23. The Labute approximate surface area is 122 Å². The third-order valence-electron chi connectivity index (χ3n) is 2.69. The van der Waals surface area contributed by atoms with Gasteiger partial charge in [-0.3, -0.25) is 0 Å². The molecule has 1 aliphatic rings. The molecule has 1 fully saturated rings. The average Bonchev–Trinajstić information content (AvgIpc) is 3.19. The van der Waals surface area contributed by atoms with Crippen molar-refractivity contribution < 1.29 is 4.74 Å². The van der Waals surface area contributed by atoms with E-state index in [0.717, 1.165) is 22.7 Å². The minimum Gasteiger partial charge on any atom is -0.492 e. The van der Waals surface area contributed by atoms with Gasteiger partial charge in [0, 0.05) is 17.1 Å². The lowest BCUT2D eigenvalue weighted by molar-refractivity contribution is 0.328. The fraction of sp³-hybridized carbons (Fsp3) is 0.500. The second-order valence-electron chi connectivity index (χ2n) is 4.49. The first-order valence-electron chi connectivity index (χ1n) is 6.71. The highest BCUT2D eigenvalue weighted by Crippen LogP contribution is 2.18. The summed E-state index contributed by atoms with van der Waals surface area (Å²) in [6.45, 7) is 4.18. The van der Waals surface area contributed by atoms with Crippen LogP contribution in [0.3, 0.4) is 0 Å². The minimum absolute atomic E-state index is 0.581. The van der Waals surface area contributed by atoms with Crippen LogP contribution in [0.5, 0.6) is 5.75 Å². The van der Waals surface area contributed by atoms with Crippen molar-refractivity contribution in [2.75, 3.05) is 19.7 Å². The lowest BCUT2D eigenvalue weighted by atomic mass is 10.3. The highest BCUT2D eigenvalue weighted by molar-refractivity contribution is 9.10. The molecule has 0 aromatic heterocycles. The summed E-state index contributed by atoms with van der Waals surface area (Å²) in [6, 6.07) is 8.46. The maximum absolute atomic E-state index is 5.64. The van der Waals surface area contributed by atoms with E-state index in [0.29, 0.717) is 19.2 Å². The van der Waals surface area contributed by atoms with E-state index in [2.05, 4.69) is 38.5 Å². The molecule has 1 saturated carbocycles. The lowest BCUT2D eigenvalue weighted by Crippen LogP contribution is -2.38. The van der Waals surface area contributed by atoms with Crippen LogP contribution in [0, 0.1) is 0 Å². The Morgan fingerprint density at radius 3 is 3.00 bits per heavy atom. The quantitative estimate of drug-likeness (QED) is 0.480. The summed E-state index contributed by atoms with van der Waals surface area (Å²) in [7, 11) is 0. The molecule has 1 aliphatic carbocycles. The first-order chi connectivity index (χ1) is 9.28. The molecule has 0 spiro atoms. The largest absolute Gasteiger partial charge is 0.492 e. The number of nitrogens with one attached hydrogen (secondary N) is 2. The van der Waals surface area contributed by atoms with Crippen molar-refractivity contribution in [3.8, 4) is 5.75 Å². The average molecular weight is 326 g/mol. The topological polar surface area (TPSA) is 45.7 Å². The van der Waals surface area contributed by atoms with Gasteiger partial charge in [0.05, 0.1) is 6.54 Å². The maximum atomic E-state index is 5.64. The zero-order valence-corrected chi connectivity index (χ0v) is 12.7. The third kappa shape index (κ3) is 5.51. The van der Waals surface area contributed by atoms with Crippen molar-refractivity contribution in [3.05, 3.63) is 28.7 Å². The number of ether oxygens (including phenoxy) is 1. The number of halogens is 1. The highest BCUT2D eigenvalue weighted by atomic mass is 79.9. The molecule has 0 radical (unpaired) electrons. The second kappa shape index (κ2) is 7.38. The van der Waals surface area contributed by atoms with Gasteiger partial charge in [-0.05, 0) is 38.0 Å². The van der Waals surface area contributed by atoms with E-state index in [-0.39, 0.29) is 0 Å². The van der Waals surface area contributed by atoms with Crippen molar-refractivity contribution in [1.82, 2.24) is 10.6 Å². The molecule has 2 rings (SSSR count). The van der Waals surface area contributed by atoms with Gasteiger partial charge in [-0.1, -0.05) is 22.0 Å². The zero-order valence-electron chi connectivity index (χ0n) is 11.2. The molecule has 1 aromatic carbocycles. The monoisotopic (exact) mass is 325 g/mol. The van der Waals surface area contributed by atoms with E-state index < -0.39 is 0 Å². The molecule has 0 saturated heterocycles. The molecule has 0 unspecified atom stereocenters. The van der Waals surface area contributed by atoms with Crippen LogP contribution >= 0.6 is 15.9 Å². The number of benzene rings is 1. The molecule has 0 amide bonds. The SMILES string of the molecule is CCNC(=NCCOc1cccc(Br)c1)NC1CC1. The second-order valence-corrected chi connectivity index (χ2v) is 5.40. The highest BCUT2D eigenvalue weighted by Gasteiger charge is 2.21. The predicted molar refractivity (Wildman–Crippen MR) is 81.8 cm³/mol. The number of guanidine groups is 1. The van der Waals surface area contributed by atoms with Crippen molar-refractivity contribution in [1.29, 1.82) is 0 Å². The lowest BCUT2D eigenvalue weighted by Gasteiger charge is -2.10. The minimum atomic E-state index is 0.581. The summed E-state index contributed by atoms with van der Waals surface area (Å²) in [5.41, 5.74) is 0. The maximum Gasteiger partial charge on any atom is 0.191 e. The van der Waals surface area contributed by atoms with E-state index >= 15 is 0 Å². The first-order valence-corrected chi connectivity index (χ1v) is 7.50. The van der Waals surface area contributed by atoms with Gasteiger partial charge in [0.2, 0.25) is 0 Å². The zero-order chi connectivity index (χ0) is 13.5. The molecule has 104 valence electrons. The van der Waals surface area contributed by atoms with Crippen molar-refractivity contribution in [2.24, 2.45) is 4.99 Å². The molecular formula is C14H20BrN3O. The van der Waals surface area contributed by atoms with Crippen LogP contribution in [0.1, 0.15) is 19.8 Å². The van der Waals surface area contributed by atoms with Crippen molar-refractivity contribution in [3.63, 3.8) is 0 Å². The molecule has 2 N–H and O–H groups in total. The molecule has 5 heteroatoms. The number of aliphatic imine (C=N–C) groups is 1. The predicted octanol–water partition coefficient (Wildman–Crippen LogP) is 2.55. The molecule has 0 heterocycles. The summed E-state index contributed by atoms with van der Waals surface area (Å²) in [6.07, 6.45) is 2.50. The third-order valence-corrected chi connectivity index (χ3v) is 3.18. The van der Waals surface area contributed by atoms with Gasteiger partial charge in [-0.2, -0.15) is 0 Å². The summed E-state index contributed by atoms with van der Waals surface area (Å²) < 4.78 is 6.67. The molecule has 0 aliphatic heterocycles. The van der Waals surface area contributed by atoms with Gasteiger partial charge >= 0.3 is 0 Å². The standard InChI is InChI=1S/C14H20BrN3O/c1-2-16-14(18-12-6-7-12)17-8-9-19-13-5-3-4-11(15)10-13/h3-5,10,12H,2,6-9H2,1H3,(H2,16,17,18). The Balaban J connectivity index is 1.73. The Kier molecular flexibility index (Phi) is 5.51. The van der Waals surface area contributed by atoms with Crippen LogP contribution in [0.4, 0.5) is 0 Å². The summed E-state index contributed by atoms with van der Waals surface area (Å²) in [4.78, 5) is 4.49. The fourth-order valence-corrected chi connectivity index (χ4v) is 2.00. The number of hydrogen-bond acceptors (Lipinski definition) is 2. The van der Waals surface area contributed by atoms with Gasteiger partial charge < -0.3 is 15.4 Å². The number of nitrogens with zero attached hydrogens (tertiary/aromatic N) is 1. The summed E-state index contributed by atoms with van der Waals surface area (Å²) in [5.74, 6) is 1.76. The van der Waals surface area contributed by atoms with E-state index in [1.807, 2.05) is 24.3 Å². The van der Waals surface area contributed by atoms with Gasteiger partial charge in [0.25, 0.3) is 0 Å². The smallest absolute Gasteiger partial charge is 0.191 e. The molecule has 19 heavy (non-hydrogen) atoms. The Bertz CT molecular complexity index is 432. The summed E-state index contributed by atoms with van der Waals surface area (Å²) in [5, 5.41) is 6.61. The summed E-state index contributed by atoms with van der Waals surface area (Å²) >= 11 is 3.42. The van der Waals surface area contributed by atoms with Crippen molar-refractivity contribution >= 4 is 21.9 Å². The van der Waals surface area contributed by atoms with Gasteiger partial charge in [0.1, 0.15) is 12.4 Å². The Morgan fingerprint density at radius 2 is 2.32 bits per heavy atom. The fourth-order valence-electron chi connectivity index (χ4n) is 1.62. The molecule has 4 nitrogen and oxygen atoms in total. The van der Waals surface area contributed by atoms with Crippen LogP contribution in [0.25, 0.3) is 0 Å². The molecular weight excluding hydrogens is 306 g/mol. The number of hydrogen-bond donors (Lipinski definition) is 2. The Morgan fingerprint density at radius 1 is 1.47 bits per heavy atom. The van der Waals surface area contributed by atoms with Crippen LogP contribution < -0.4 is 15.4 Å². The van der Waals surface area contributed by atoms with Gasteiger partial charge in [-0.15, -0.1) is 0 Å². The van der Waals surface area contributed by atoms with Gasteiger partial charge in [0.15, 0.2) is 5.96 Å².